The summed E-state index contributed by atoms with van der Waals surface area (Å²) in [7, 11) is 0. The number of rotatable bonds is 6. The summed E-state index contributed by atoms with van der Waals surface area (Å²) in [4.78, 5) is 6.91. The summed E-state index contributed by atoms with van der Waals surface area (Å²) < 4.78 is 0. The molecule has 4 heteroatoms. The van der Waals surface area contributed by atoms with E-state index in [4.69, 9.17) is 0 Å². The van der Waals surface area contributed by atoms with E-state index in [1.54, 1.807) is 0 Å². The summed E-state index contributed by atoms with van der Waals surface area (Å²) >= 11 is 0. The van der Waals surface area contributed by atoms with Gasteiger partial charge >= 0.3 is 0 Å². The van der Waals surface area contributed by atoms with Crippen molar-refractivity contribution < 1.29 is 5.11 Å². The van der Waals surface area contributed by atoms with Crippen molar-refractivity contribution in [1.82, 2.24) is 10.3 Å². The Morgan fingerprint density at radius 2 is 2.21 bits per heavy atom. The molecule has 1 fully saturated rings. The van der Waals surface area contributed by atoms with Crippen molar-refractivity contribution in [2.24, 2.45) is 5.92 Å². The lowest BCUT2D eigenvalue weighted by Gasteiger charge is -2.33. The normalized spacial score (nSPS) is 16.8. The van der Waals surface area contributed by atoms with E-state index in [1.807, 2.05) is 12.3 Å². The summed E-state index contributed by atoms with van der Waals surface area (Å²) in [6, 6.07) is 4.16. The predicted molar refractivity (Wildman–Crippen MR) is 78.3 cm³/mol. The van der Waals surface area contributed by atoms with Crippen molar-refractivity contribution in [2.45, 2.75) is 32.7 Å². The molecule has 4 nitrogen and oxygen atoms in total. The fourth-order valence-electron chi connectivity index (χ4n) is 2.58. The van der Waals surface area contributed by atoms with Gasteiger partial charge in [-0.1, -0.05) is 13.0 Å². The molecule has 1 saturated heterocycles. The SMILES string of the molecule is CCCNCc1cccnc1N1CCC(CO)CC1. The van der Waals surface area contributed by atoms with Gasteiger partial charge in [-0.2, -0.15) is 0 Å². The van der Waals surface area contributed by atoms with Gasteiger partial charge in [-0.25, -0.2) is 4.98 Å². The second kappa shape index (κ2) is 7.46. The van der Waals surface area contributed by atoms with Crippen LogP contribution in [-0.4, -0.2) is 36.3 Å². The predicted octanol–water partition coefficient (Wildman–Crippen LogP) is 1.79. The number of anilines is 1. The number of aliphatic hydroxyl groups is 1. The molecular weight excluding hydrogens is 238 g/mol. The molecule has 106 valence electrons. The van der Waals surface area contributed by atoms with E-state index in [0.29, 0.717) is 12.5 Å². The summed E-state index contributed by atoms with van der Waals surface area (Å²) in [5, 5.41) is 12.6. The smallest absolute Gasteiger partial charge is 0.133 e. The Hall–Kier alpha value is -1.13. The summed E-state index contributed by atoms with van der Waals surface area (Å²) in [5.74, 6) is 1.59. The number of aromatic nitrogens is 1. The zero-order valence-corrected chi connectivity index (χ0v) is 11.8. The maximum absolute atomic E-state index is 9.20. The molecule has 1 aliphatic rings. The third-order valence-electron chi connectivity index (χ3n) is 3.78. The van der Waals surface area contributed by atoms with Crippen molar-refractivity contribution in [2.75, 3.05) is 31.1 Å². The van der Waals surface area contributed by atoms with Gasteiger partial charge in [0.25, 0.3) is 0 Å². The molecular formula is C15H25N3O. The van der Waals surface area contributed by atoms with Gasteiger partial charge in [-0.3, -0.25) is 0 Å². The van der Waals surface area contributed by atoms with Crippen LogP contribution in [0.3, 0.4) is 0 Å². The number of nitrogens with one attached hydrogen (secondary N) is 1. The van der Waals surface area contributed by atoms with Gasteiger partial charge in [0.1, 0.15) is 5.82 Å². The molecule has 2 heterocycles. The first kappa shape index (κ1) is 14.3. The highest BCUT2D eigenvalue weighted by Crippen LogP contribution is 2.24. The van der Waals surface area contributed by atoms with Gasteiger partial charge in [0, 0.05) is 38.0 Å². The lowest BCUT2D eigenvalue weighted by Crippen LogP contribution is -2.36. The van der Waals surface area contributed by atoms with Crippen LogP contribution in [0.5, 0.6) is 0 Å². The van der Waals surface area contributed by atoms with Gasteiger partial charge in [0.2, 0.25) is 0 Å². The van der Waals surface area contributed by atoms with Crippen LogP contribution in [0.1, 0.15) is 31.7 Å². The molecule has 19 heavy (non-hydrogen) atoms. The van der Waals surface area contributed by atoms with Crippen LogP contribution >= 0.6 is 0 Å². The van der Waals surface area contributed by atoms with Gasteiger partial charge < -0.3 is 15.3 Å². The zero-order valence-electron chi connectivity index (χ0n) is 11.8. The van der Waals surface area contributed by atoms with Crippen molar-refractivity contribution in [3.8, 4) is 0 Å². The third kappa shape index (κ3) is 3.91. The van der Waals surface area contributed by atoms with E-state index in [1.165, 1.54) is 5.56 Å². The summed E-state index contributed by atoms with van der Waals surface area (Å²) in [6.45, 7) is 6.43. The number of nitrogens with zero attached hydrogens (tertiary/aromatic N) is 2. The molecule has 0 amide bonds. The second-order valence-electron chi connectivity index (χ2n) is 5.28. The molecule has 0 aromatic carbocycles. The molecule has 2 N–H and O–H groups in total. The van der Waals surface area contributed by atoms with Crippen molar-refractivity contribution >= 4 is 5.82 Å². The van der Waals surface area contributed by atoms with Crippen molar-refractivity contribution in [1.29, 1.82) is 0 Å². The number of aliphatic hydroxyl groups excluding tert-OH is 1. The standard InChI is InChI=1S/C15H25N3O/c1-2-7-16-11-14-4-3-8-17-15(14)18-9-5-13(12-19)6-10-18/h3-4,8,13,16,19H,2,5-7,9-12H2,1H3. The van der Waals surface area contributed by atoms with Crippen LogP contribution in [-0.2, 0) is 6.54 Å². The summed E-state index contributed by atoms with van der Waals surface area (Å²) in [6.07, 6.45) is 5.15. The number of piperidine rings is 1. The Morgan fingerprint density at radius 1 is 1.42 bits per heavy atom. The lowest BCUT2D eigenvalue weighted by molar-refractivity contribution is 0.202. The molecule has 1 aliphatic heterocycles. The fraction of sp³-hybridized carbons (Fsp3) is 0.667. The first-order chi connectivity index (χ1) is 9.35. The molecule has 0 spiro atoms. The van der Waals surface area contributed by atoms with Gasteiger partial charge in [0.15, 0.2) is 0 Å². The number of pyridine rings is 1. The highest BCUT2D eigenvalue weighted by atomic mass is 16.3. The Labute approximate surface area is 115 Å². The van der Waals surface area contributed by atoms with E-state index < -0.39 is 0 Å². The maximum atomic E-state index is 9.20. The van der Waals surface area contributed by atoms with Crippen LogP contribution in [0.25, 0.3) is 0 Å². The van der Waals surface area contributed by atoms with Crippen molar-refractivity contribution in [3.05, 3.63) is 23.9 Å². The zero-order chi connectivity index (χ0) is 13.5. The number of hydrogen-bond donors (Lipinski definition) is 2. The van der Waals surface area contributed by atoms with Gasteiger partial charge in [0.05, 0.1) is 0 Å². The van der Waals surface area contributed by atoms with Crippen LogP contribution in [0.2, 0.25) is 0 Å². The second-order valence-corrected chi connectivity index (χ2v) is 5.28. The quantitative estimate of drug-likeness (QED) is 0.768. The van der Waals surface area contributed by atoms with E-state index in [9.17, 15) is 5.11 Å². The third-order valence-corrected chi connectivity index (χ3v) is 3.78. The topological polar surface area (TPSA) is 48.4 Å². The molecule has 1 aromatic heterocycles. The van der Waals surface area contributed by atoms with Crippen molar-refractivity contribution in [3.63, 3.8) is 0 Å². The Bertz CT molecular complexity index is 375. The first-order valence-electron chi connectivity index (χ1n) is 7.35. The average molecular weight is 263 g/mol. The Kier molecular flexibility index (Phi) is 5.61. The largest absolute Gasteiger partial charge is 0.396 e. The Morgan fingerprint density at radius 3 is 2.89 bits per heavy atom. The molecule has 0 saturated carbocycles. The molecule has 1 aromatic rings. The summed E-state index contributed by atoms with van der Waals surface area (Å²) in [5.41, 5.74) is 1.28. The van der Waals surface area contributed by atoms with Crippen LogP contribution in [0.15, 0.2) is 18.3 Å². The highest BCUT2D eigenvalue weighted by Gasteiger charge is 2.20. The number of hydrogen-bond acceptors (Lipinski definition) is 4. The molecule has 0 atom stereocenters. The monoisotopic (exact) mass is 263 g/mol. The molecule has 0 bridgehead atoms. The molecule has 2 rings (SSSR count). The Balaban J connectivity index is 1.99. The lowest BCUT2D eigenvalue weighted by atomic mass is 9.97. The van der Waals surface area contributed by atoms with E-state index in [2.05, 4.69) is 28.2 Å². The highest BCUT2D eigenvalue weighted by molar-refractivity contribution is 5.47. The van der Waals surface area contributed by atoms with Crippen LogP contribution in [0, 0.1) is 5.92 Å². The van der Waals surface area contributed by atoms with Gasteiger partial charge in [-0.15, -0.1) is 0 Å². The minimum atomic E-state index is 0.320. The molecule has 0 unspecified atom stereocenters. The minimum Gasteiger partial charge on any atom is -0.396 e. The van der Waals surface area contributed by atoms with E-state index >= 15 is 0 Å². The maximum Gasteiger partial charge on any atom is 0.133 e. The minimum absolute atomic E-state index is 0.320. The average Bonchev–Trinajstić information content (AvgIpc) is 2.48. The molecule has 0 radical (unpaired) electrons. The van der Waals surface area contributed by atoms with Crippen LogP contribution in [0.4, 0.5) is 5.82 Å². The fourth-order valence-corrected chi connectivity index (χ4v) is 2.58. The molecule has 0 aliphatic carbocycles. The first-order valence-corrected chi connectivity index (χ1v) is 7.35. The van der Waals surface area contributed by atoms with Gasteiger partial charge in [-0.05, 0) is 37.8 Å². The van der Waals surface area contributed by atoms with Crippen LogP contribution < -0.4 is 10.2 Å². The van der Waals surface area contributed by atoms with E-state index in [-0.39, 0.29) is 0 Å². The van der Waals surface area contributed by atoms with E-state index in [0.717, 1.165) is 51.3 Å².